The minimum atomic E-state index is -0.715. The number of esters is 1. The Labute approximate surface area is 112 Å². The van der Waals surface area contributed by atoms with Crippen LogP contribution in [0.1, 0.15) is 24.2 Å². The van der Waals surface area contributed by atoms with Crippen LogP contribution >= 0.6 is 0 Å². The molecule has 6 heteroatoms. The Bertz CT molecular complexity index is 498. The van der Waals surface area contributed by atoms with Gasteiger partial charge in [-0.3, -0.25) is 4.79 Å². The first-order valence-electron chi connectivity index (χ1n) is 5.79. The molecule has 0 aliphatic rings. The van der Waals surface area contributed by atoms with Crippen LogP contribution in [-0.4, -0.2) is 25.5 Å². The number of hydrogen-bond donors (Lipinski definition) is 3. The second-order valence-electron chi connectivity index (χ2n) is 4.90. The van der Waals surface area contributed by atoms with Crippen molar-refractivity contribution in [2.75, 3.05) is 24.7 Å². The van der Waals surface area contributed by atoms with Crippen molar-refractivity contribution in [2.24, 2.45) is 11.1 Å². The largest absolute Gasteiger partial charge is 0.465 e. The molecule has 0 heterocycles. The van der Waals surface area contributed by atoms with Crippen LogP contribution in [0.15, 0.2) is 18.2 Å². The van der Waals surface area contributed by atoms with E-state index < -0.39 is 17.3 Å². The third-order valence-corrected chi connectivity index (χ3v) is 2.86. The molecule has 0 spiro atoms. The summed E-state index contributed by atoms with van der Waals surface area (Å²) in [5, 5.41) is 3.02. The summed E-state index contributed by atoms with van der Waals surface area (Å²) in [7, 11) is 1.31. The number of carbonyl (C=O) groups is 2. The van der Waals surface area contributed by atoms with Crippen LogP contribution in [0.5, 0.6) is 0 Å². The van der Waals surface area contributed by atoms with E-state index in [1.54, 1.807) is 32.0 Å². The zero-order chi connectivity index (χ0) is 14.6. The number of nitrogens with one attached hydrogen (secondary N) is 1. The van der Waals surface area contributed by atoms with E-state index in [1.165, 1.54) is 7.11 Å². The van der Waals surface area contributed by atoms with Crippen molar-refractivity contribution in [1.29, 1.82) is 0 Å². The lowest BCUT2D eigenvalue weighted by molar-refractivity contribution is -0.125. The Kier molecular flexibility index (Phi) is 4.37. The third kappa shape index (κ3) is 3.61. The predicted octanol–water partition coefficient (Wildman–Crippen LogP) is 0.979. The number of amides is 1. The van der Waals surface area contributed by atoms with E-state index >= 15 is 0 Å². The number of benzene rings is 1. The zero-order valence-electron chi connectivity index (χ0n) is 11.3. The van der Waals surface area contributed by atoms with Gasteiger partial charge in [-0.05, 0) is 32.0 Å². The highest BCUT2D eigenvalue weighted by molar-refractivity contribution is 5.92. The fourth-order valence-corrected chi connectivity index (χ4v) is 1.36. The summed E-state index contributed by atoms with van der Waals surface area (Å²) in [5.74, 6) is -0.861. The first-order chi connectivity index (χ1) is 8.77. The van der Waals surface area contributed by atoms with E-state index in [4.69, 9.17) is 11.5 Å². The molecule has 1 rings (SSSR count). The molecule has 0 aromatic heterocycles. The van der Waals surface area contributed by atoms with Gasteiger partial charge in [-0.15, -0.1) is 0 Å². The zero-order valence-corrected chi connectivity index (χ0v) is 11.3. The van der Waals surface area contributed by atoms with Gasteiger partial charge in [0.05, 0.1) is 29.5 Å². The molecule has 0 bridgehead atoms. The summed E-state index contributed by atoms with van der Waals surface area (Å²) in [6, 6.07) is 4.76. The number of anilines is 2. The number of primary amides is 1. The van der Waals surface area contributed by atoms with Crippen molar-refractivity contribution >= 4 is 23.3 Å². The molecule has 0 unspecified atom stereocenters. The lowest BCUT2D eigenvalue weighted by atomic mass is 9.92. The lowest BCUT2D eigenvalue weighted by Gasteiger charge is -2.22. The second kappa shape index (κ2) is 5.60. The van der Waals surface area contributed by atoms with Crippen LogP contribution in [-0.2, 0) is 9.53 Å². The Balaban J connectivity index is 2.89. The average molecular weight is 265 g/mol. The third-order valence-electron chi connectivity index (χ3n) is 2.86. The summed E-state index contributed by atoms with van der Waals surface area (Å²) < 4.78 is 4.63. The van der Waals surface area contributed by atoms with Crippen LogP contribution in [0.4, 0.5) is 11.4 Å². The minimum Gasteiger partial charge on any atom is -0.465 e. The topological polar surface area (TPSA) is 107 Å². The van der Waals surface area contributed by atoms with Crippen LogP contribution in [0.25, 0.3) is 0 Å². The molecule has 0 atom stereocenters. The molecule has 6 nitrogen and oxygen atoms in total. The molecular formula is C13H19N3O3. The molecule has 0 aliphatic carbocycles. The van der Waals surface area contributed by atoms with E-state index in [1.807, 2.05) is 0 Å². The molecule has 0 fully saturated rings. The number of ether oxygens (including phenoxy) is 1. The molecule has 0 aliphatic heterocycles. The lowest BCUT2D eigenvalue weighted by Crippen LogP contribution is -2.37. The van der Waals surface area contributed by atoms with Crippen molar-refractivity contribution < 1.29 is 14.3 Å². The number of hydrogen-bond acceptors (Lipinski definition) is 5. The second-order valence-corrected chi connectivity index (χ2v) is 4.90. The molecule has 0 radical (unpaired) electrons. The molecule has 0 saturated heterocycles. The summed E-state index contributed by atoms with van der Waals surface area (Å²) >= 11 is 0. The monoisotopic (exact) mass is 265 g/mol. The fourth-order valence-electron chi connectivity index (χ4n) is 1.36. The molecule has 1 aromatic carbocycles. The van der Waals surface area contributed by atoms with Gasteiger partial charge in [0.1, 0.15) is 0 Å². The highest BCUT2D eigenvalue weighted by Gasteiger charge is 2.24. The van der Waals surface area contributed by atoms with Gasteiger partial charge in [0.2, 0.25) is 5.91 Å². The average Bonchev–Trinajstić information content (AvgIpc) is 2.36. The number of nitrogens with two attached hydrogens (primary N) is 2. The van der Waals surface area contributed by atoms with E-state index in [0.29, 0.717) is 23.5 Å². The maximum atomic E-state index is 11.4. The Hall–Kier alpha value is -2.24. The SMILES string of the molecule is COC(=O)c1ccc(N)c(NCC(C)(C)C(N)=O)c1. The number of rotatable bonds is 5. The molecule has 1 amide bonds. The Morgan fingerprint density at radius 1 is 1.37 bits per heavy atom. The van der Waals surface area contributed by atoms with Gasteiger partial charge in [0.25, 0.3) is 0 Å². The van der Waals surface area contributed by atoms with Crippen molar-refractivity contribution in [1.82, 2.24) is 0 Å². The molecule has 5 N–H and O–H groups in total. The maximum absolute atomic E-state index is 11.4. The predicted molar refractivity (Wildman–Crippen MR) is 73.7 cm³/mol. The van der Waals surface area contributed by atoms with Crippen molar-refractivity contribution in [3.8, 4) is 0 Å². The normalized spacial score (nSPS) is 10.9. The minimum absolute atomic E-state index is 0.317. The van der Waals surface area contributed by atoms with Crippen molar-refractivity contribution in [2.45, 2.75) is 13.8 Å². The quantitative estimate of drug-likeness (QED) is 0.543. The highest BCUT2D eigenvalue weighted by atomic mass is 16.5. The molecule has 0 saturated carbocycles. The molecule has 104 valence electrons. The van der Waals surface area contributed by atoms with Gasteiger partial charge in [0, 0.05) is 6.54 Å². The van der Waals surface area contributed by atoms with Crippen molar-refractivity contribution in [3.05, 3.63) is 23.8 Å². The van der Waals surface area contributed by atoms with E-state index in [-0.39, 0.29) is 0 Å². The van der Waals surface area contributed by atoms with E-state index in [0.717, 1.165) is 0 Å². The van der Waals surface area contributed by atoms with Crippen LogP contribution < -0.4 is 16.8 Å². The molecule has 1 aromatic rings. The van der Waals surface area contributed by atoms with Gasteiger partial charge in [-0.2, -0.15) is 0 Å². The standard InChI is InChI=1S/C13H19N3O3/c1-13(2,12(15)18)7-16-10-6-8(11(17)19-3)4-5-9(10)14/h4-6,16H,7,14H2,1-3H3,(H2,15,18). The first kappa shape index (κ1) is 14.8. The molecular weight excluding hydrogens is 246 g/mol. The van der Waals surface area contributed by atoms with E-state index in [9.17, 15) is 9.59 Å². The summed E-state index contributed by atoms with van der Waals surface area (Å²) in [4.78, 5) is 22.6. The summed E-state index contributed by atoms with van der Waals surface area (Å²) in [5.41, 5.74) is 11.8. The smallest absolute Gasteiger partial charge is 0.337 e. The first-order valence-corrected chi connectivity index (χ1v) is 5.79. The molecule has 19 heavy (non-hydrogen) atoms. The van der Waals surface area contributed by atoms with Gasteiger partial charge in [-0.25, -0.2) is 4.79 Å². The Morgan fingerprint density at radius 2 is 2.00 bits per heavy atom. The van der Waals surface area contributed by atoms with Gasteiger partial charge in [0.15, 0.2) is 0 Å². The van der Waals surface area contributed by atoms with Gasteiger partial charge >= 0.3 is 5.97 Å². The maximum Gasteiger partial charge on any atom is 0.337 e. The highest BCUT2D eigenvalue weighted by Crippen LogP contribution is 2.23. The van der Waals surface area contributed by atoms with Crippen LogP contribution in [0.2, 0.25) is 0 Å². The summed E-state index contributed by atoms with van der Waals surface area (Å²) in [6.07, 6.45) is 0. The van der Waals surface area contributed by atoms with Crippen molar-refractivity contribution in [3.63, 3.8) is 0 Å². The number of carbonyl (C=O) groups excluding carboxylic acids is 2. The Morgan fingerprint density at radius 3 is 2.53 bits per heavy atom. The number of nitrogen functional groups attached to an aromatic ring is 1. The van der Waals surface area contributed by atoms with Crippen LogP contribution in [0, 0.1) is 5.41 Å². The van der Waals surface area contributed by atoms with E-state index in [2.05, 4.69) is 10.1 Å². The number of methoxy groups -OCH3 is 1. The van der Waals surface area contributed by atoms with Gasteiger partial charge in [-0.1, -0.05) is 0 Å². The van der Waals surface area contributed by atoms with Crippen LogP contribution in [0.3, 0.4) is 0 Å². The van der Waals surface area contributed by atoms with Gasteiger partial charge < -0.3 is 21.5 Å². The fraction of sp³-hybridized carbons (Fsp3) is 0.385. The summed E-state index contributed by atoms with van der Waals surface area (Å²) in [6.45, 7) is 3.77.